The van der Waals surface area contributed by atoms with Crippen molar-refractivity contribution in [1.82, 2.24) is 0 Å². The van der Waals surface area contributed by atoms with E-state index in [-0.39, 0.29) is 17.4 Å². The van der Waals surface area contributed by atoms with E-state index < -0.39 is 0 Å². The zero-order chi connectivity index (χ0) is 10.7. The van der Waals surface area contributed by atoms with Gasteiger partial charge in [0.15, 0.2) is 0 Å². The Labute approximate surface area is 84.5 Å². The summed E-state index contributed by atoms with van der Waals surface area (Å²) in [6.45, 7) is 7.47. The lowest BCUT2D eigenvalue weighted by Gasteiger charge is -2.12. The lowest BCUT2D eigenvalue weighted by atomic mass is 9.98. The molecule has 0 aliphatic rings. The van der Waals surface area contributed by atoms with E-state index in [2.05, 4.69) is 6.58 Å². The van der Waals surface area contributed by atoms with Gasteiger partial charge in [0.2, 0.25) is 0 Å². The van der Waals surface area contributed by atoms with Crippen molar-refractivity contribution in [3.05, 3.63) is 35.9 Å². The van der Waals surface area contributed by atoms with Crippen LogP contribution in [0.2, 0.25) is 0 Å². The topological polar surface area (TPSA) is 40.5 Å². The molecule has 0 saturated heterocycles. The standard InChI is InChI=1S/C12H16O2/c1-4-5-9-6-10(13)12(8(2)3)11(14)7-9/h4,6-8,13-14H,1,5H2,2-3H3. The SMILES string of the molecule is C=CCc1cc(O)c(C(C)C)c(O)c1. The fourth-order valence-corrected chi connectivity index (χ4v) is 1.56. The third-order valence-corrected chi connectivity index (χ3v) is 2.15. The largest absolute Gasteiger partial charge is 0.508 e. The summed E-state index contributed by atoms with van der Waals surface area (Å²) >= 11 is 0. The molecule has 0 amide bonds. The van der Waals surface area contributed by atoms with Crippen molar-refractivity contribution in [2.75, 3.05) is 0 Å². The van der Waals surface area contributed by atoms with Crippen LogP contribution in [0.3, 0.4) is 0 Å². The van der Waals surface area contributed by atoms with Crippen LogP contribution in [0.1, 0.15) is 30.9 Å². The molecule has 0 unspecified atom stereocenters. The number of hydrogen-bond donors (Lipinski definition) is 2. The van der Waals surface area contributed by atoms with Gasteiger partial charge in [-0.15, -0.1) is 6.58 Å². The molecule has 0 aliphatic carbocycles. The number of phenols is 2. The molecule has 0 aromatic heterocycles. The molecule has 2 nitrogen and oxygen atoms in total. The van der Waals surface area contributed by atoms with Crippen molar-refractivity contribution in [3.63, 3.8) is 0 Å². The molecule has 0 saturated carbocycles. The molecule has 1 aromatic rings. The van der Waals surface area contributed by atoms with Crippen LogP contribution in [0.15, 0.2) is 24.8 Å². The molecule has 1 aromatic carbocycles. The van der Waals surface area contributed by atoms with Gasteiger partial charge in [0, 0.05) is 5.56 Å². The summed E-state index contributed by atoms with van der Waals surface area (Å²) < 4.78 is 0. The van der Waals surface area contributed by atoms with Gasteiger partial charge < -0.3 is 10.2 Å². The first-order valence-corrected chi connectivity index (χ1v) is 4.72. The minimum atomic E-state index is 0.118. The highest BCUT2D eigenvalue weighted by Gasteiger charge is 2.12. The van der Waals surface area contributed by atoms with Crippen LogP contribution >= 0.6 is 0 Å². The molecule has 76 valence electrons. The van der Waals surface area contributed by atoms with Gasteiger partial charge in [-0.1, -0.05) is 19.9 Å². The molecule has 2 heteroatoms. The first-order valence-electron chi connectivity index (χ1n) is 4.72. The summed E-state index contributed by atoms with van der Waals surface area (Å²) in [7, 11) is 0. The molecule has 0 aliphatic heterocycles. The van der Waals surface area contributed by atoms with Gasteiger partial charge in [0.25, 0.3) is 0 Å². The lowest BCUT2D eigenvalue weighted by molar-refractivity contribution is 0.432. The predicted octanol–water partition coefficient (Wildman–Crippen LogP) is 2.95. The van der Waals surface area contributed by atoms with Crippen molar-refractivity contribution in [1.29, 1.82) is 0 Å². The Morgan fingerprint density at radius 1 is 1.29 bits per heavy atom. The van der Waals surface area contributed by atoms with Crippen molar-refractivity contribution < 1.29 is 10.2 Å². The molecule has 2 N–H and O–H groups in total. The van der Waals surface area contributed by atoms with Gasteiger partial charge in [0.05, 0.1) is 0 Å². The molecule has 14 heavy (non-hydrogen) atoms. The van der Waals surface area contributed by atoms with E-state index in [9.17, 15) is 10.2 Å². The smallest absolute Gasteiger partial charge is 0.123 e. The minimum Gasteiger partial charge on any atom is -0.508 e. The van der Waals surface area contributed by atoms with Crippen molar-refractivity contribution in [2.24, 2.45) is 0 Å². The Morgan fingerprint density at radius 2 is 1.79 bits per heavy atom. The second kappa shape index (κ2) is 4.18. The summed E-state index contributed by atoms with van der Waals surface area (Å²) in [6, 6.07) is 3.35. The highest BCUT2D eigenvalue weighted by atomic mass is 16.3. The summed E-state index contributed by atoms with van der Waals surface area (Å²) in [4.78, 5) is 0. The number of hydrogen-bond acceptors (Lipinski definition) is 2. The molecule has 0 spiro atoms. The van der Waals surface area contributed by atoms with Crippen molar-refractivity contribution in [3.8, 4) is 11.5 Å². The highest BCUT2D eigenvalue weighted by Crippen LogP contribution is 2.34. The molecule has 0 fully saturated rings. The van der Waals surface area contributed by atoms with Crippen LogP contribution in [0.25, 0.3) is 0 Å². The van der Waals surface area contributed by atoms with Crippen molar-refractivity contribution >= 4 is 0 Å². The fraction of sp³-hybridized carbons (Fsp3) is 0.333. The normalized spacial score (nSPS) is 10.5. The maximum Gasteiger partial charge on any atom is 0.123 e. The lowest BCUT2D eigenvalue weighted by Crippen LogP contribution is -1.91. The van der Waals surface area contributed by atoms with Gasteiger partial charge in [-0.05, 0) is 30.0 Å². The van der Waals surface area contributed by atoms with Gasteiger partial charge in [-0.3, -0.25) is 0 Å². The average molecular weight is 192 g/mol. The molecule has 1 rings (SSSR count). The van der Waals surface area contributed by atoms with Crippen LogP contribution in [0.4, 0.5) is 0 Å². The number of allylic oxidation sites excluding steroid dienone is 1. The Bertz CT molecular complexity index is 317. The van der Waals surface area contributed by atoms with Gasteiger partial charge in [-0.25, -0.2) is 0 Å². The Balaban J connectivity index is 3.17. The summed E-state index contributed by atoms with van der Waals surface area (Å²) in [5.74, 6) is 0.446. The maximum absolute atomic E-state index is 9.67. The molecule has 0 bridgehead atoms. The average Bonchev–Trinajstić information content (AvgIpc) is 2.01. The van der Waals surface area contributed by atoms with E-state index in [1.54, 1.807) is 18.2 Å². The van der Waals surface area contributed by atoms with Gasteiger partial charge in [-0.2, -0.15) is 0 Å². The zero-order valence-electron chi connectivity index (χ0n) is 8.62. The van der Waals surface area contributed by atoms with Crippen LogP contribution in [0, 0.1) is 0 Å². The second-order valence-corrected chi connectivity index (χ2v) is 3.70. The van der Waals surface area contributed by atoms with E-state index >= 15 is 0 Å². The van der Waals surface area contributed by atoms with Crippen molar-refractivity contribution in [2.45, 2.75) is 26.2 Å². The molecular formula is C12H16O2. The first-order chi connectivity index (χ1) is 6.56. The Kier molecular flexibility index (Phi) is 3.18. The Hall–Kier alpha value is -1.44. The molecule has 0 radical (unpaired) electrons. The number of aromatic hydroxyl groups is 2. The Morgan fingerprint density at radius 3 is 2.14 bits per heavy atom. The quantitative estimate of drug-likeness (QED) is 0.723. The zero-order valence-corrected chi connectivity index (χ0v) is 8.62. The van der Waals surface area contributed by atoms with Gasteiger partial charge in [0.1, 0.15) is 11.5 Å². The monoisotopic (exact) mass is 192 g/mol. The van der Waals surface area contributed by atoms with Crippen LogP contribution in [0.5, 0.6) is 11.5 Å². The van der Waals surface area contributed by atoms with Crippen LogP contribution < -0.4 is 0 Å². The minimum absolute atomic E-state index is 0.118. The highest BCUT2D eigenvalue weighted by molar-refractivity contribution is 5.48. The fourth-order valence-electron chi connectivity index (χ4n) is 1.56. The number of phenolic OH excluding ortho intramolecular Hbond substituents is 2. The van der Waals surface area contributed by atoms with E-state index in [1.807, 2.05) is 13.8 Å². The number of benzene rings is 1. The third kappa shape index (κ3) is 2.08. The van der Waals surface area contributed by atoms with Crippen LogP contribution in [-0.2, 0) is 6.42 Å². The molecular weight excluding hydrogens is 176 g/mol. The maximum atomic E-state index is 9.67. The van der Waals surface area contributed by atoms with E-state index in [0.717, 1.165) is 5.56 Å². The number of rotatable bonds is 3. The van der Waals surface area contributed by atoms with Gasteiger partial charge >= 0.3 is 0 Å². The second-order valence-electron chi connectivity index (χ2n) is 3.70. The molecule has 0 heterocycles. The summed E-state index contributed by atoms with van der Waals surface area (Å²) in [5, 5.41) is 19.3. The first kappa shape index (κ1) is 10.6. The summed E-state index contributed by atoms with van der Waals surface area (Å²) in [5.41, 5.74) is 1.48. The molecule has 0 atom stereocenters. The third-order valence-electron chi connectivity index (χ3n) is 2.15. The van der Waals surface area contributed by atoms with Crippen LogP contribution in [-0.4, -0.2) is 10.2 Å². The van der Waals surface area contributed by atoms with E-state index in [0.29, 0.717) is 12.0 Å². The van der Waals surface area contributed by atoms with E-state index in [1.165, 1.54) is 0 Å². The van der Waals surface area contributed by atoms with E-state index in [4.69, 9.17) is 0 Å². The predicted molar refractivity (Wildman–Crippen MR) is 57.8 cm³/mol. The summed E-state index contributed by atoms with van der Waals surface area (Å²) in [6.07, 6.45) is 2.39.